The molecule has 0 bridgehead atoms. The molecule has 0 aliphatic carbocycles. The summed E-state index contributed by atoms with van der Waals surface area (Å²) in [4.78, 5) is 10.0. The molecule has 9 aromatic carbocycles. The van der Waals surface area contributed by atoms with E-state index in [0.717, 1.165) is 29.1 Å². The van der Waals surface area contributed by atoms with E-state index in [-0.39, 0.29) is 0 Å². The number of nitrogens with zero attached hydrogens (tertiary/aromatic N) is 4. The molecule has 2 aromatic heterocycles. The van der Waals surface area contributed by atoms with E-state index in [9.17, 15) is 0 Å². The van der Waals surface area contributed by atoms with Gasteiger partial charge in [-0.15, -0.1) is 0 Å². The molecule has 4 nitrogen and oxygen atoms in total. The molecule has 0 radical (unpaired) electrons. The van der Waals surface area contributed by atoms with E-state index in [4.69, 9.17) is 4.98 Å². The van der Waals surface area contributed by atoms with Crippen molar-refractivity contribution in [1.29, 1.82) is 0 Å². The van der Waals surface area contributed by atoms with Crippen molar-refractivity contribution in [2.24, 2.45) is 0 Å². The Morgan fingerprint density at radius 1 is 0.409 bits per heavy atom. The molecule has 5 heteroatoms. The van der Waals surface area contributed by atoms with Gasteiger partial charge in [-0.25, -0.2) is 4.98 Å². The Morgan fingerprint density at radius 3 is 1.64 bits per heavy atom. The molecule has 0 atom stereocenters. The van der Waals surface area contributed by atoms with Crippen LogP contribution in [0.3, 0.4) is 0 Å². The largest absolute Gasteiger partial charge is 0.355 e. The molecule has 0 spiro atoms. The average Bonchev–Trinajstić information content (AvgIpc) is 3.92. The van der Waals surface area contributed by atoms with Gasteiger partial charge in [0.25, 0.3) is 0 Å². The van der Waals surface area contributed by atoms with Crippen LogP contribution in [0.5, 0.6) is 0 Å². The van der Waals surface area contributed by atoms with Crippen molar-refractivity contribution in [1.82, 2.24) is 9.55 Å². The molecule has 1 aliphatic rings. The average molecular weight is 863 g/mol. The standard InChI is InChI=1S/C61H46N4Si/c1-63-43-64(58-35-17-16-34-57(58)63)47-24-18-29-50(41-47)66(48-25-10-4-11-26-48,49-27-12-5-13-28-49)51-36-37-55-54-30-14-15-33-56(54)65(59(55)42-51)60-40-46(38-39-62-60)61-52(44-20-6-2-7-21-44)31-19-32-53(61)45-22-8-3-9-23-45/h2-42H,43H2,1H3. The summed E-state index contributed by atoms with van der Waals surface area (Å²) in [5.74, 6) is 0.878. The first-order valence-corrected chi connectivity index (χ1v) is 24.7. The Labute approximate surface area is 387 Å². The van der Waals surface area contributed by atoms with Gasteiger partial charge in [-0.3, -0.25) is 4.57 Å². The van der Waals surface area contributed by atoms with Crippen molar-refractivity contribution in [3.63, 3.8) is 0 Å². The Balaban J connectivity index is 1.11. The first-order valence-electron chi connectivity index (χ1n) is 22.7. The molecular formula is C61H46N4Si. The molecule has 0 unspecified atom stereocenters. The number of rotatable bonds is 9. The second-order valence-electron chi connectivity index (χ2n) is 17.2. The summed E-state index contributed by atoms with van der Waals surface area (Å²) >= 11 is 0. The highest BCUT2D eigenvalue weighted by atomic mass is 28.3. The lowest BCUT2D eigenvalue weighted by molar-refractivity contribution is 0.950. The number of aromatic nitrogens is 2. The zero-order valence-electron chi connectivity index (χ0n) is 36.7. The highest BCUT2D eigenvalue weighted by molar-refractivity contribution is 7.20. The first-order chi connectivity index (χ1) is 32.7. The van der Waals surface area contributed by atoms with Crippen molar-refractivity contribution < 1.29 is 0 Å². The zero-order valence-corrected chi connectivity index (χ0v) is 37.7. The van der Waals surface area contributed by atoms with Crippen LogP contribution < -0.4 is 30.5 Å². The smallest absolute Gasteiger partial charge is 0.179 e. The number of benzene rings is 9. The Morgan fingerprint density at radius 2 is 0.955 bits per heavy atom. The number of pyridine rings is 1. The molecular weight excluding hydrogens is 817 g/mol. The van der Waals surface area contributed by atoms with Crippen LogP contribution in [-0.2, 0) is 0 Å². The molecule has 3 heterocycles. The molecule has 0 saturated heterocycles. The molecule has 0 N–H and O–H groups in total. The van der Waals surface area contributed by atoms with Gasteiger partial charge in [-0.05, 0) is 103 Å². The third kappa shape index (κ3) is 6.47. The van der Waals surface area contributed by atoms with Crippen LogP contribution >= 0.6 is 0 Å². The van der Waals surface area contributed by atoms with Gasteiger partial charge in [-0.2, -0.15) is 0 Å². The van der Waals surface area contributed by atoms with E-state index in [1.165, 1.54) is 76.4 Å². The van der Waals surface area contributed by atoms with E-state index < -0.39 is 8.07 Å². The number of fused-ring (bicyclic) bond motifs is 4. The number of hydrogen-bond acceptors (Lipinski definition) is 3. The Bertz CT molecular complexity index is 3440. The van der Waals surface area contributed by atoms with Crippen LogP contribution in [0.25, 0.3) is 61.0 Å². The lowest BCUT2D eigenvalue weighted by Crippen LogP contribution is -2.74. The Hall–Kier alpha value is -8.25. The minimum atomic E-state index is -3.01. The van der Waals surface area contributed by atoms with Gasteiger partial charge in [0.05, 0.1) is 29.1 Å². The van der Waals surface area contributed by atoms with Gasteiger partial charge in [0.15, 0.2) is 8.07 Å². The van der Waals surface area contributed by atoms with Crippen LogP contribution in [0.1, 0.15) is 0 Å². The first kappa shape index (κ1) is 39.3. The minimum absolute atomic E-state index is 0.787. The summed E-state index contributed by atoms with van der Waals surface area (Å²) in [6.07, 6.45) is 1.98. The second-order valence-corrected chi connectivity index (χ2v) is 21.0. The predicted octanol–water partition coefficient (Wildman–Crippen LogP) is 12.1. The van der Waals surface area contributed by atoms with Crippen molar-refractivity contribution in [2.45, 2.75) is 0 Å². The lowest BCUT2D eigenvalue weighted by Gasteiger charge is -2.35. The second kappa shape index (κ2) is 16.4. The molecule has 1 aliphatic heterocycles. The highest BCUT2D eigenvalue weighted by Crippen LogP contribution is 2.42. The fraction of sp³-hybridized carbons (Fsp3) is 0.0328. The zero-order chi connectivity index (χ0) is 44.0. The molecule has 11 aromatic rings. The monoisotopic (exact) mass is 862 g/mol. The van der Waals surface area contributed by atoms with Gasteiger partial charge >= 0.3 is 0 Å². The van der Waals surface area contributed by atoms with Crippen molar-refractivity contribution in [3.05, 3.63) is 249 Å². The normalized spacial score (nSPS) is 12.5. The van der Waals surface area contributed by atoms with E-state index in [2.05, 4.69) is 264 Å². The summed E-state index contributed by atoms with van der Waals surface area (Å²) in [6.45, 7) is 0.787. The molecule has 66 heavy (non-hydrogen) atoms. The maximum Gasteiger partial charge on any atom is 0.179 e. The maximum absolute atomic E-state index is 5.22. The van der Waals surface area contributed by atoms with Gasteiger partial charge < -0.3 is 9.80 Å². The fourth-order valence-corrected chi connectivity index (χ4v) is 15.4. The number of hydrogen-bond donors (Lipinski definition) is 0. The molecule has 12 rings (SSSR count). The quantitative estimate of drug-likeness (QED) is 0.107. The van der Waals surface area contributed by atoms with E-state index >= 15 is 0 Å². The van der Waals surface area contributed by atoms with E-state index in [0.29, 0.717) is 0 Å². The van der Waals surface area contributed by atoms with Crippen LogP contribution in [0.4, 0.5) is 17.1 Å². The van der Waals surface area contributed by atoms with Crippen molar-refractivity contribution in [2.75, 3.05) is 23.5 Å². The Kier molecular flexibility index (Phi) is 9.77. The van der Waals surface area contributed by atoms with Gasteiger partial charge in [-0.1, -0.05) is 194 Å². The SMILES string of the molecule is CN1CN(c2cccc([Si](c3ccccc3)(c3ccccc3)c3ccc4c5ccccc5n(-c5cc(-c6c(-c7ccccc7)cccc6-c6ccccc6)ccn5)c4c3)c2)c2ccccc21. The van der Waals surface area contributed by atoms with Gasteiger partial charge in [0.1, 0.15) is 5.82 Å². The predicted molar refractivity (Wildman–Crippen MR) is 280 cm³/mol. The minimum Gasteiger partial charge on any atom is -0.355 e. The summed E-state index contributed by atoms with van der Waals surface area (Å²) in [7, 11) is -0.829. The molecule has 0 amide bonds. The third-order valence-electron chi connectivity index (χ3n) is 13.5. The third-order valence-corrected chi connectivity index (χ3v) is 18.3. The number of para-hydroxylation sites is 3. The van der Waals surface area contributed by atoms with Crippen LogP contribution in [-0.4, -0.2) is 31.3 Å². The topological polar surface area (TPSA) is 24.3 Å². The van der Waals surface area contributed by atoms with Crippen LogP contribution in [0, 0.1) is 0 Å². The summed E-state index contributed by atoms with van der Waals surface area (Å²) in [5.41, 5.74) is 13.0. The van der Waals surface area contributed by atoms with Crippen LogP contribution in [0.15, 0.2) is 249 Å². The summed E-state index contributed by atoms with van der Waals surface area (Å²) < 4.78 is 2.40. The van der Waals surface area contributed by atoms with E-state index in [1.54, 1.807) is 0 Å². The lowest BCUT2D eigenvalue weighted by atomic mass is 9.88. The van der Waals surface area contributed by atoms with Gasteiger partial charge in [0.2, 0.25) is 0 Å². The summed E-state index contributed by atoms with van der Waals surface area (Å²) in [6, 6.07) is 89.3. The maximum atomic E-state index is 5.22. The van der Waals surface area contributed by atoms with Crippen molar-refractivity contribution in [3.8, 4) is 39.2 Å². The van der Waals surface area contributed by atoms with Crippen LogP contribution in [0.2, 0.25) is 0 Å². The molecule has 314 valence electrons. The van der Waals surface area contributed by atoms with Gasteiger partial charge in [0, 0.05) is 29.7 Å². The molecule has 0 saturated carbocycles. The number of anilines is 3. The van der Waals surface area contributed by atoms with E-state index in [1.807, 2.05) is 6.20 Å². The highest BCUT2D eigenvalue weighted by Gasteiger charge is 2.42. The molecule has 0 fully saturated rings. The summed E-state index contributed by atoms with van der Waals surface area (Å²) in [5, 5.41) is 7.71. The van der Waals surface area contributed by atoms with Crippen molar-refractivity contribution >= 4 is 67.7 Å². The fourth-order valence-electron chi connectivity index (χ4n) is 10.6.